The predicted molar refractivity (Wildman–Crippen MR) is 62.8 cm³/mol. The van der Waals surface area contributed by atoms with Crippen molar-refractivity contribution in [1.82, 2.24) is 9.55 Å². The summed E-state index contributed by atoms with van der Waals surface area (Å²) in [5, 5.41) is 3.30. The van der Waals surface area contributed by atoms with Gasteiger partial charge in [0.1, 0.15) is 0 Å². The van der Waals surface area contributed by atoms with Crippen molar-refractivity contribution in [3.63, 3.8) is 0 Å². The van der Waals surface area contributed by atoms with Crippen LogP contribution in [-0.4, -0.2) is 22.4 Å². The standard InChI is InChI=1S/C12H13N3O/c16-8-9-4-3-5-10-11(9)15-7-2-1-6-13-12(15)14-10/h3-5,8H,1-2,6-7H2,(H,13,14). The van der Waals surface area contributed by atoms with Crippen LogP contribution in [0.4, 0.5) is 5.95 Å². The summed E-state index contributed by atoms with van der Waals surface area (Å²) in [4.78, 5) is 15.5. The van der Waals surface area contributed by atoms with Gasteiger partial charge in [-0.1, -0.05) is 6.07 Å². The molecular formula is C12H13N3O. The molecule has 0 radical (unpaired) electrons. The molecule has 0 saturated carbocycles. The second-order valence-corrected chi connectivity index (χ2v) is 4.05. The lowest BCUT2D eigenvalue weighted by atomic mass is 10.2. The lowest BCUT2D eigenvalue weighted by Crippen LogP contribution is -2.03. The van der Waals surface area contributed by atoms with E-state index in [4.69, 9.17) is 0 Å². The molecule has 0 spiro atoms. The van der Waals surface area contributed by atoms with Crippen LogP contribution in [0.2, 0.25) is 0 Å². The summed E-state index contributed by atoms with van der Waals surface area (Å²) >= 11 is 0. The quantitative estimate of drug-likeness (QED) is 0.740. The number of aldehydes is 1. The van der Waals surface area contributed by atoms with Crippen LogP contribution < -0.4 is 5.32 Å². The van der Waals surface area contributed by atoms with E-state index in [0.29, 0.717) is 0 Å². The van der Waals surface area contributed by atoms with E-state index in [2.05, 4.69) is 14.9 Å². The average molecular weight is 215 g/mol. The number of hydrogen-bond acceptors (Lipinski definition) is 3. The normalized spacial score (nSPS) is 15.2. The molecule has 0 bridgehead atoms. The molecule has 3 rings (SSSR count). The molecule has 1 aliphatic rings. The summed E-state index contributed by atoms with van der Waals surface area (Å²) in [6, 6.07) is 5.67. The number of para-hydroxylation sites is 1. The first-order valence-electron chi connectivity index (χ1n) is 5.58. The van der Waals surface area contributed by atoms with E-state index in [0.717, 1.165) is 54.8 Å². The van der Waals surface area contributed by atoms with E-state index >= 15 is 0 Å². The molecule has 0 fully saturated rings. The van der Waals surface area contributed by atoms with Crippen molar-refractivity contribution >= 4 is 23.3 Å². The first-order valence-corrected chi connectivity index (χ1v) is 5.58. The van der Waals surface area contributed by atoms with Crippen molar-refractivity contribution in [1.29, 1.82) is 0 Å². The van der Waals surface area contributed by atoms with E-state index < -0.39 is 0 Å². The number of aryl methyl sites for hydroxylation is 1. The SMILES string of the molecule is O=Cc1cccc2nc3n(c12)CCCCN3. The summed E-state index contributed by atoms with van der Waals surface area (Å²) in [6.45, 7) is 1.89. The molecule has 4 heteroatoms. The second kappa shape index (κ2) is 3.63. The number of carbonyl (C=O) groups excluding carboxylic acids is 1. The molecule has 0 aliphatic carbocycles. The third-order valence-electron chi connectivity index (χ3n) is 3.02. The van der Waals surface area contributed by atoms with Gasteiger partial charge in [-0.2, -0.15) is 0 Å². The van der Waals surface area contributed by atoms with Gasteiger partial charge >= 0.3 is 0 Å². The van der Waals surface area contributed by atoms with Crippen LogP contribution in [0.25, 0.3) is 11.0 Å². The van der Waals surface area contributed by atoms with Crippen LogP contribution in [0.3, 0.4) is 0 Å². The Kier molecular flexibility index (Phi) is 2.13. The molecule has 4 nitrogen and oxygen atoms in total. The summed E-state index contributed by atoms with van der Waals surface area (Å²) in [6.07, 6.45) is 3.18. The maximum Gasteiger partial charge on any atom is 0.203 e. The van der Waals surface area contributed by atoms with Crippen LogP contribution in [0, 0.1) is 0 Å². The highest BCUT2D eigenvalue weighted by atomic mass is 16.1. The highest BCUT2D eigenvalue weighted by Gasteiger charge is 2.15. The largest absolute Gasteiger partial charge is 0.356 e. The fourth-order valence-corrected chi connectivity index (χ4v) is 2.26. The minimum Gasteiger partial charge on any atom is -0.356 e. The Morgan fingerprint density at radius 2 is 2.31 bits per heavy atom. The van der Waals surface area contributed by atoms with Crippen LogP contribution in [-0.2, 0) is 6.54 Å². The van der Waals surface area contributed by atoms with Gasteiger partial charge in [0.15, 0.2) is 6.29 Å². The van der Waals surface area contributed by atoms with E-state index in [1.165, 1.54) is 0 Å². The number of carbonyl (C=O) groups is 1. The van der Waals surface area contributed by atoms with Gasteiger partial charge in [0.25, 0.3) is 0 Å². The number of anilines is 1. The van der Waals surface area contributed by atoms with E-state index in [1.807, 2.05) is 18.2 Å². The second-order valence-electron chi connectivity index (χ2n) is 4.05. The third-order valence-corrected chi connectivity index (χ3v) is 3.02. The summed E-state index contributed by atoms with van der Waals surface area (Å²) in [5.41, 5.74) is 2.58. The lowest BCUT2D eigenvalue weighted by Gasteiger charge is -2.05. The van der Waals surface area contributed by atoms with E-state index in [1.54, 1.807) is 0 Å². The minimum atomic E-state index is 0.722. The number of nitrogens with one attached hydrogen (secondary N) is 1. The predicted octanol–water partition coefficient (Wildman–Crippen LogP) is 2.05. The minimum absolute atomic E-state index is 0.722. The van der Waals surface area contributed by atoms with Crippen molar-refractivity contribution in [2.75, 3.05) is 11.9 Å². The lowest BCUT2D eigenvalue weighted by molar-refractivity contribution is 0.112. The molecule has 1 aromatic heterocycles. The zero-order valence-electron chi connectivity index (χ0n) is 8.94. The van der Waals surface area contributed by atoms with Crippen molar-refractivity contribution in [2.24, 2.45) is 0 Å². The fraction of sp³-hybridized carbons (Fsp3) is 0.333. The molecule has 0 atom stereocenters. The highest BCUT2D eigenvalue weighted by molar-refractivity contribution is 5.95. The Bertz CT molecular complexity index is 544. The molecule has 16 heavy (non-hydrogen) atoms. The Hall–Kier alpha value is -1.84. The fourth-order valence-electron chi connectivity index (χ4n) is 2.26. The molecule has 2 aromatic rings. The van der Waals surface area contributed by atoms with E-state index in [-0.39, 0.29) is 0 Å². The first kappa shape index (κ1) is 9.39. The number of rotatable bonds is 1. The van der Waals surface area contributed by atoms with Crippen LogP contribution in [0.5, 0.6) is 0 Å². The average Bonchev–Trinajstić information content (AvgIpc) is 2.52. The highest BCUT2D eigenvalue weighted by Crippen LogP contribution is 2.24. The number of hydrogen-bond donors (Lipinski definition) is 1. The smallest absolute Gasteiger partial charge is 0.203 e. The molecule has 1 N–H and O–H groups in total. The number of nitrogens with zero attached hydrogens (tertiary/aromatic N) is 2. The van der Waals surface area contributed by atoms with Crippen molar-refractivity contribution in [3.8, 4) is 0 Å². The maximum absolute atomic E-state index is 11.0. The van der Waals surface area contributed by atoms with Gasteiger partial charge in [-0.15, -0.1) is 0 Å². The zero-order valence-corrected chi connectivity index (χ0v) is 8.94. The Balaban J connectivity index is 2.30. The zero-order chi connectivity index (χ0) is 11.0. The van der Waals surface area contributed by atoms with E-state index in [9.17, 15) is 4.79 Å². The summed E-state index contributed by atoms with van der Waals surface area (Å²) in [5.74, 6) is 0.891. The topological polar surface area (TPSA) is 46.9 Å². The van der Waals surface area contributed by atoms with Gasteiger partial charge < -0.3 is 9.88 Å². The monoisotopic (exact) mass is 215 g/mol. The maximum atomic E-state index is 11.0. The molecule has 1 aliphatic heterocycles. The Morgan fingerprint density at radius 3 is 3.19 bits per heavy atom. The van der Waals surface area contributed by atoms with Gasteiger partial charge in [-0.25, -0.2) is 4.98 Å². The van der Waals surface area contributed by atoms with Crippen molar-refractivity contribution in [2.45, 2.75) is 19.4 Å². The Morgan fingerprint density at radius 1 is 1.38 bits per heavy atom. The third kappa shape index (κ3) is 1.30. The molecule has 0 unspecified atom stereocenters. The number of aromatic nitrogens is 2. The van der Waals surface area contributed by atoms with Gasteiger partial charge in [0.2, 0.25) is 5.95 Å². The van der Waals surface area contributed by atoms with Gasteiger partial charge in [-0.05, 0) is 25.0 Å². The van der Waals surface area contributed by atoms with Crippen LogP contribution in [0.1, 0.15) is 23.2 Å². The van der Waals surface area contributed by atoms with Gasteiger partial charge in [0.05, 0.1) is 11.0 Å². The molecular weight excluding hydrogens is 202 g/mol. The molecule has 1 aromatic carbocycles. The number of fused-ring (bicyclic) bond motifs is 3. The van der Waals surface area contributed by atoms with Crippen molar-refractivity contribution < 1.29 is 4.79 Å². The van der Waals surface area contributed by atoms with Crippen LogP contribution >= 0.6 is 0 Å². The number of imidazole rings is 1. The number of benzene rings is 1. The summed E-state index contributed by atoms with van der Waals surface area (Å²) in [7, 11) is 0. The molecule has 2 heterocycles. The van der Waals surface area contributed by atoms with Gasteiger partial charge in [-0.3, -0.25) is 4.79 Å². The summed E-state index contributed by atoms with van der Waals surface area (Å²) < 4.78 is 2.12. The van der Waals surface area contributed by atoms with Crippen LogP contribution in [0.15, 0.2) is 18.2 Å². The molecule has 82 valence electrons. The van der Waals surface area contributed by atoms with Crippen molar-refractivity contribution in [3.05, 3.63) is 23.8 Å². The molecule has 0 saturated heterocycles. The Labute approximate surface area is 93.3 Å². The molecule has 0 amide bonds. The first-order chi connectivity index (χ1) is 7.90. The van der Waals surface area contributed by atoms with Gasteiger partial charge in [0, 0.05) is 18.7 Å².